The molecule has 0 aliphatic heterocycles. The van der Waals surface area contributed by atoms with Crippen molar-refractivity contribution in [3.63, 3.8) is 0 Å². The lowest BCUT2D eigenvalue weighted by atomic mass is 10.0. The maximum atomic E-state index is 11.8. The van der Waals surface area contributed by atoms with E-state index in [1.54, 1.807) is 0 Å². The molecule has 0 atom stereocenters. The van der Waals surface area contributed by atoms with Crippen LogP contribution >= 0.6 is 12.2 Å². The molecule has 1 amide bonds. The Morgan fingerprint density at radius 1 is 1.29 bits per heavy atom. The van der Waals surface area contributed by atoms with Crippen molar-refractivity contribution < 1.29 is 4.79 Å². The van der Waals surface area contributed by atoms with E-state index in [-0.39, 0.29) is 11.8 Å². The smallest absolute Gasteiger partial charge is 0.227 e. The number of hydrogen-bond acceptors (Lipinski definition) is 2. The van der Waals surface area contributed by atoms with Gasteiger partial charge < -0.3 is 11.1 Å². The van der Waals surface area contributed by atoms with Gasteiger partial charge in [-0.05, 0) is 37.1 Å². The second-order valence-corrected chi connectivity index (χ2v) is 4.38. The first-order chi connectivity index (χ1) is 8.08. The number of carbonyl (C=O) groups excluding carboxylic acids is 1. The maximum Gasteiger partial charge on any atom is 0.227 e. The lowest BCUT2D eigenvalue weighted by Crippen LogP contribution is -2.21. The van der Waals surface area contributed by atoms with Gasteiger partial charge in [0.05, 0.1) is 0 Å². The van der Waals surface area contributed by atoms with Crippen LogP contribution in [0.4, 0.5) is 5.69 Å². The third kappa shape index (κ3) is 3.82. The Bertz CT molecular complexity index is 396. The van der Waals surface area contributed by atoms with E-state index in [1.807, 2.05) is 38.1 Å². The number of amides is 1. The number of thiocarbonyl (C=S) groups is 1. The minimum Gasteiger partial charge on any atom is -0.389 e. The van der Waals surface area contributed by atoms with Gasteiger partial charge in [-0.1, -0.05) is 26.1 Å². The van der Waals surface area contributed by atoms with E-state index < -0.39 is 0 Å². The van der Waals surface area contributed by atoms with Gasteiger partial charge in [0.1, 0.15) is 4.99 Å². The van der Waals surface area contributed by atoms with Crippen LogP contribution in [0.15, 0.2) is 24.3 Å². The summed E-state index contributed by atoms with van der Waals surface area (Å²) in [4.78, 5) is 12.2. The number of carbonyl (C=O) groups is 1. The normalized spacial score (nSPS) is 10.3. The van der Waals surface area contributed by atoms with E-state index in [1.165, 1.54) is 0 Å². The fourth-order valence-corrected chi connectivity index (χ4v) is 1.76. The molecular weight excluding hydrogens is 232 g/mol. The molecule has 0 heterocycles. The first kappa shape index (κ1) is 13.6. The summed E-state index contributed by atoms with van der Waals surface area (Å²) in [6, 6.07) is 7.25. The molecule has 0 aromatic heterocycles. The Hall–Kier alpha value is -1.42. The molecule has 4 heteroatoms. The molecule has 17 heavy (non-hydrogen) atoms. The van der Waals surface area contributed by atoms with Crippen molar-refractivity contribution in [1.29, 1.82) is 0 Å². The summed E-state index contributed by atoms with van der Waals surface area (Å²) in [5.41, 5.74) is 7.09. The van der Waals surface area contributed by atoms with Crippen molar-refractivity contribution in [3.05, 3.63) is 29.8 Å². The summed E-state index contributed by atoms with van der Waals surface area (Å²) in [6.45, 7) is 4.04. The molecule has 1 aromatic carbocycles. The van der Waals surface area contributed by atoms with Crippen LogP contribution in [-0.2, 0) is 4.79 Å². The third-order valence-corrected chi connectivity index (χ3v) is 3.03. The van der Waals surface area contributed by atoms with E-state index in [9.17, 15) is 4.79 Å². The lowest BCUT2D eigenvalue weighted by Gasteiger charge is -2.12. The van der Waals surface area contributed by atoms with E-state index in [0.717, 1.165) is 24.1 Å². The second-order valence-electron chi connectivity index (χ2n) is 3.94. The minimum atomic E-state index is 0.0677. The Morgan fingerprint density at radius 2 is 1.82 bits per heavy atom. The summed E-state index contributed by atoms with van der Waals surface area (Å²) in [5.74, 6) is 0.142. The van der Waals surface area contributed by atoms with Crippen LogP contribution in [0.2, 0.25) is 0 Å². The molecule has 3 N–H and O–H groups in total. The Balaban J connectivity index is 2.69. The predicted molar refractivity (Wildman–Crippen MR) is 75.0 cm³/mol. The highest BCUT2D eigenvalue weighted by molar-refractivity contribution is 7.80. The molecule has 0 spiro atoms. The van der Waals surface area contributed by atoms with Crippen LogP contribution in [0.3, 0.4) is 0 Å². The Kier molecular flexibility index (Phi) is 5.10. The van der Waals surface area contributed by atoms with E-state index in [0.29, 0.717) is 4.99 Å². The molecule has 0 aliphatic carbocycles. The molecule has 0 unspecified atom stereocenters. The monoisotopic (exact) mass is 250 g/mol. The quantitative estimate of drug-likeness (QED) is 0.790. The average Bonchev–Trinajstić information content (AvgIpc) is 2.31. The largest absolute Gasteiger partial charge is 0.389 e. The standard InChI is InChI=1S/C13H18N2OS/c1-3-9(4-2)13(16)15-11-7-5-10(6-8-11)12(14)17/h5-9H,3-4H2,1-2H3,(H2,14,17)(H,15,16). The fraction of sp³-hybridized carbons (Fsp3) is 0.385. The molecule has 0 saturated heterocycles. The zero-order valence-corrected chi connectivity index (χ0v) is 11.0. The first-order valence-electron chi connectivity index (χ1n) is 5.79. The number of benzene rings is 1. The lowest BCUT2D eigenvalue weighted by molar-refractivity contribution is -0.120. The third-order valence-electron chi connectivity index (χ3n) is 2.79. The van der Waals surface area contributed by atoms with Crippen LogP contribution in [0.1, 0.15) is 32.3 Å². The van der Waals surface area contributed by atoms with Gasteiger partial charge >= 0.3 is 0 Å². The molecule has 3 nitrogen and oxygen atoms in total. The average molecular weight is 250 g/mol. The van der Waals surface area contributed by atoms with Crippen molar-refractivity contribution in [2.45, 2.75) is 26.7 Å². The summed E-state index contributed by atoms with van der Waals surface area (Å²) in [7, 11) is 0. The minimum absolute atomic E-state index is 0.0677. The fourth-order valence-electron chi connectivity index (χ4n) is 1.62. The second kappa shape index (κ2) is 6.35. The maximum absolute atomic E-state index is 11.8. The van der Waals surface area contributed by atoms with Crippen LogP contribution in [0.5, 0.6) is 0 Å². The summed E-state index contributed by atoms with van der Waals surface area (Å²) >= 11 is 4.86. The van der Waals surface area contributed by atoms with Gasteiger partial charge in [-0.25, -0.2) is 0 Å². The molecule has 1 aromatic rings. The van der Waals surface area contributed by atoms with Crippen molar-refractivity contribution in [2.24, 2.45) is 11.7 Å². The summed E-state index contributed by atoms with van der Waals surface area (Å²) in [6.07, 6.45) is 1.71. The van der Waals surface area contributed by atoms with Gasteiger partial charge in [0.15, 0.2) is 0 Å². The zero-order valence-electron chi connectivity index (χ0n) is 10.2. The number of nitrogens with two attached hydrogens (primary N) is 1. The molecule has 0 fully saturated rings. The molecule has 0 saturated carbocycles. The van der Waals surface area contributed by atoms with Crippen LogP contribution in [-0.4, -0.2) is 10.9 Å². The van der Waals surface area contributed by atoms with Crippen molar-refractivity contribution in [2.75, 3.05) is 5.32 Å². The SMILES string of the molecule is CCC(CC)C(=O)Nc1ccc(C(N)=S)cc1. The van der Waals surface area contributed by atoms with Crippen molar-refractivity contribution >= 4 is 28.8 Å². The van der Waals surface area contributed by atoms with Crippen LogP contribution in [0.25, 0.3) is 0 Å². The van der Waals surface area contributed by atoms with E-state index in [2.05, 4.69) is 5.32 Å². The Morgan fingerprint density at radius 3 is 2.24 bits per heavy atom. The van der Waals surface area contributed by atoms with Gasteiger partial charge in [-0.2, -0.15) is 0 Å². The van der Waals surface area contributed by atoms with E-state index in [4.69, 9.17) is 18.0 Å². The molecule has 0 aliphatic rings. The molecule has 0 bridgehead atoms. The molecule has 92 valence electrons. The van der Waals surface area contributed by atoms with Gasteiger partial charge in [-0.15, -0.1) is 0 Å². The van der Waals surface area contributed by atoms with Gasteiger partial charge in [0, 0.05) is 17.2 Å². The number of anilines is 1. The van der Waals surface area contributed by atoms with Crippen molar-refractivity contribution in [3.8, 4) is 0 Å². The zero-order chi connectivity index (χ0) is 12.8. The van der Waals surface area contributed by atoms with Gasteiger partial charge in [0.2, 0.25) is 5.91 Å². The highest BCUT2D eigenvalue weighted by atomic mass is 32.1. The molecular formula is C13H18N2OS. The highest BCUT2D eigenvalue weighted by Crippen LogP contribution is 2.14. The highest BCUT2D eigenvalue weighted by Gasteiger charge is 2.13. The van der Waals surface area contributed by atoms with Gasteiger partial charge in [0.25, 0.3) is 0 Å². The van der Waals surface area contributed by atoms with Crippen LogP contribution in [0, 0.1) is 5.92 Å². The van der Waals surface area contributed by atoms with Crippen molar-refractivity contribution in [1.82, 2.24) is 0 Å². The predicted octanol–water partition coefficient (Wildman–Crippen LogP) is 2.70. The summed E-state index contributed by atoms with van der Waals surface area (Å²) in [5, 5.41) is 2.89. The Labute approximate surface area is 107 Å². The van der Waals surface area contributed by atoms with Gasteiger partial charge in [-0.3, -0.25) is 4.79 Å². The number of rotatable bonds is 5. The first-order valence-corrected chi connectivity index (χ1v) is 6.20. The molecule has 1 rings (SSSR count). The van der Waals surface area contributed by atoms with E-state index >= 15 is 0 Å². The molecule has 0 radical (unpaired) electrons. The summed E-state index contributed by atoms with van der Waals surface area (Å²) < 4.78 is 0. The topological polar surface area (TPSA) is 55.1 Å². The number of hydrogen-bond donors (Lipinski definition) is 2. The number of nitrogens with one attached hydrogen (secondary N) is 1. The van der Waals surface area contributed by atoms with Crippen LogP contribution < -0.4 is 11.1 Å².